The molecule has 0 aliphatic carbocycles. The number of halogens is 3. The van der Waals surface area contributed by atoms with Crippen molar-refractivity contribution in [2.24, 2.45) is 0 Å². The number of nitrogens with zero attached hydrogens (tertiary/aromatic N) is 1. The number of carbonyl (C=O) groups excluding carboxylic acids is 3. The van der Waals surface area contributed by atoms with Crippen LogP contribution in [0.4, 0.5) is 24.5 Å². The number of aliphatic hydroxyl groups is 1. The van der Waals surface area contributed by atoms with E-state index in [4.69, 9.17) is 5.11 Å². The summed E-state index contributed by atoms with van der Waals surface area (Å²) in [6, 6.07) is 10.1. The quantitative estimate of drug-likeness (QED) is 0.626. The molecule has 1 heterocycles. The van der Waals surface area contributed by atoms with E-state index in [9.17, 15) is 27.6 Å². The zero-order valence-corrected chi connectivity index (χ0v) is 15.4. The SMILES string of the molecule is O=C(Nc1ccccc1NC1=CC(=O)N(CCO)C1=O)c1ccc(C(F)(F)F)cc1. The molecule has 0 spiro atoms. The second-order valence-electron chi connectivity index (χ2n) is 6.28. The van der Waals surface area contributed by atoms with E-state index < -0.39 is 29.5 Å². The Labute approximate surface area is 168 Å². The van der Waals surface area contributed by atoms with Gasteiger partial charge in [-0.1, -0.05) is 12.1 Å². The fourth-order valence-electron chi connectivity index (χ4n) is 2.76. The number of imide groups is 1. The van der Waals surface area contributed by atoms with Crippen LogP contribution in [-0.4, -0.2) is 40.9 Å². The summed E-state index contributed by atoms with van der Waals surface area (Å²) in [6.45, 7) is -0.524. The standard InChI is InChI=1S/C20H16F3N3O4/c21-20(22,23)13-7-5-12(6-8-13)18(29)25-15-4-2-1-3-14(15)24-16-11-17(28)26(9-10-27)19(16)30/h1-8,11,24,27H,9-10H2,(H,25,29). The normalized spacial score (nSPS) is 14.0. The van der Waals surface area contributed by atoms with Crippen LogP contribution in [-0.2, 0) is 15.8 Å². The molecule has 2 aromatic rings. The highest BCUT2D eigenvalue weighted by atomic mass is 19.4. The second kappa shape index (κ2) is 8.37. The first-order valence-corrected chi connectivity index (χ1v) is 8.74. The van der Waals surface area contributed by atoms with E-state index in [2.05, 4.69) is 10.6 Å². The van der Waals surface area contributed by atoms with Gasteiger partial charge in [0.2, 0.25) is 0 Å². The number of rotatable bonds is 6. The summed E-state index contributed by atoms with van der Waals surface area (Å²) in [6.07, 6.45) is -3.43. The lowest BCUT2D eigenvalue weighted by atomic mass is 10.1. The number of carbonyl (C=O) groups is 3. The van der Waals surface area contributed by atoms with Gasteiger partial charge in [0.1, 0.15) is 5.70 Å². The Morgan fingerprint density at radius 3 is 2.23 bits per heavy atom. The third-order valence-electron chi connectivity index (χ3n) is 4.25. The summed E-state index contributed by atoms with van der Waals surface area (Å²) in [5.41, 5.74) is -0.340. The van der Waals surface area contributed by atoms with Crippen molar-refractivity contribution in [1.29, 1.82) is 0 Å². The minimum absolute atomic E-state index is 0.0123. The van der Waals surface area contributed by atoms with E-state index in [1.54, 1.807) is 18.2 Å². The topological polar surface area (TPSA) is 98.7 Å². The van der Waals surface area contributed by atoms with Gasteiger partial charge in [0.15, 0.2) is 0 Å². The van der Waals surface area contributed by atoms with Gasteiger partial charge in [0.25, 0.3) is 17.7 Å². The number of nitrogens with one attached hydrogen (secondary N) is 2. The molecule has 0 saturated heterocycles. The summed E-state index contributed by atoms with van der Waals surface area (Å²) in [5.74, 6) is -1.86. The second-order valence-corrected chi connectivity index (χ2v) is 6.28. The van der Waals surface area contributed by atoms with E-state index in [-0.39, 0.29) is 30.1 Å². The minimum atomic E-state index is -4.51. The van der Waals surface area contributed by atoms with Crippen molar-refractivity contribution in [3.05, 3.63) is 71.4 Å². The van der Waals surface area contributed by atoms with Crippen molar-refractivity contribution in [2.45, 2.75) is 6.18 Å². The third-order valence-corrected chi connectivity index (χ3v) is 4.25. The molecule has 0 fully saturated rings. The first-order chi connectivity index (χ1) is 14.2. The Morgan fingerprint density at radius 2 is 1.63 bits per heavy atom. The Balaban J connectivity index is 1.76. The number of hydrogen-bond acceptors (Lipinski definition) is 5. The van der Waals surface area contributed by atoms with Gasteiger partial charge in [-0.05, 0) is 36.4 Å². The van der Waals surface area contributed by atoms with Crippen LogP contribution < -0.4 is 10.6 Å². The number of β-amino-alcohol motifs (C(OH)–C–C–N with tert-alkyl or cyclic N) is 1. The molecule has 2 aromatic carbocycles. The van der Waals surface area contributed by atoms with Crippen LogP contribution in [0.15, 0.2) is 60.3 Å². The number of amides is 3. The van der Waals surface area contributed by atoms with Crippen molar-refractivity contribution in [1.82, 2.24) is 4.90 Å². The molecule has 7 nitrogen and oxygen atoms in total. The van der Waals surface area contributed by atoms with Gasteiger partial charge < -0.3 is 15.7 Å². The molecule has 30 heavy (non-hydrogen) atoms. The maximum Gasteiger partial charge on any atom is 0.416 e. The summed E-state index contributed by atoms with van der Waals surface area (Å²) in [4.78, 5) is 37.4. The monoisotopic (exact) mass is 419 g/mol. The van der Waals surface area contributed by atoms with Crippen LogP contribution in [0, 0.1) is 0 Å². The van der Waals surface area contributed by atoms with Gasteiger partial charge >= 0.3 is 6.18 Å². The van der Waals surface area contributed by atoms with E-state index in [1.807, 2.05) is 0 Å². The molecule has 0 bridgehead atoms. The van der Waals surface area contributed by atoms with Crippen molar-refractivity contribution < 1.29 is 32.7 Å². The predicted molar refractivity (Wildman–Crippen MR) is 101 cm³/mol. The van der Waals surface area contributed by atoms with Gasteiger partial charge in [-0.25, -0.2) is 0 Å². The molecule has 0 atom stereocenters. The van der Waals surface area contributed by atoms with E-state index >= 15 is 0 Å². The number of benzene rings is 2. The Kier molecular flexibility index (Phi) is 5.88. The largest absolute Gasteiger partial charge is 0.416 e. The molecule has 1 aliphatic heterocycles. The summed E-state index contributed by atoms with van der Waals surface area (Å²) < 4.78 is 38.0. The predicted octanol–water partition coefficient (Wildman–Crippen LogP) is 2.61. The summed E-state index contributed by atoms with van der Waals surface area (Å²) >= 11 is 0. The highest BCUT2D eigenvalue weighted by Gasteiger charge is 2.31. The highest BCUT2D eigenvalue weighted by molar-refractivity contribution is 6.18. The van der Waals surface area contributed by atoms with E-state index in [0.29, 0.717) is 5.69 Å². The van der Waals surface area contributed by atoms with Crippen LogP contribution >= 0.6 is 0 Å². The maximum absolute atomic E-state index is 12.7. The van der Waals surface area contributed by atoms with Crippen LogP contribution in [0.2, 0.25) is 0 Å². The van der Waals surface area contributed by atoms with Gasteiger partial charge in [-0.3, -0.25) is 19.3 Å². The van der Waals surface area contributed by atoms with Crippen LogP contribution in [0.1, 0.15) is 15.9 Å². The van der Waals surface area contributed by atoms with Gasteiger partial charge in [-0.2, -0.15) is 13.2 Å². The average Bonchev–Trinajstić information content (AvgIpc) is 2.96. The number of para-hydroxylation sites is 2. The molecule has 0 saturated carbocycles. The van der Waals surface area contributed by atoms with E-state index in [0.717, 1.165) is 35.2 Å². The van der Waals surface area contributed by atoms with Crippen molar-refractivity contribution in [3.63, 3.8) is 0 Å². The molecule has 3 N–H and O–H groups in total. The maximum atomic E-state index is 12.7. The fraction of sp³-hybridized carbons (Fsp3) is 0.150. The van der Waals surface area contributed by atoms with Crippen LogP contribution in [0.25, 0.3) is 0 Å². The van der Waals surface area contributed by atoms with Crippen molar-refractivity contribution >= 4 is 29.1 Å². The molecular weight excluding hydrogens is 403 g/mol. The molecule has 156 valence electrons. The Morgan fingerprint density at radius 1 is 1.00 bits per heavy atom. The van der Waals surface area contributed by atoms with Gasteiger partial charge in [0.05, 0.1) is 30.1 Å². The third kappa shape index (κ3) is 4.49. The lowest BCUT2D eigenvalue weighted by molar-refractivity contribution is -0.138. The highest BCUT2D eigenvalue weighted by Crippen LogP contribution is 2.29. The zero-order chi connectivity index (χ0) is 21.9. The number of hydrogen-bond donors (Lipinski definition) is 3. The lowest BCUT2D eigenvalue weighted by Gasteiger charge is -2.15. The van der Waals surface area contributed by atoms with E-state index in [1.165, 1.54) is 6.07 Å². The molecule has 1 aliphatic rings. The fourth-order valence-corrected chi connectivity index (χ4v) is 2.76. The van der Waals surface area contributed by atoms with Gasteiger partial charge in [-0.15, -0.1) is 0 Å². The molecule has 3 rings (SSSR count). The smallest absolute Gasteiger partial charge is 0.395 e. The van der Waals surface area contributed by atoms with Crippen LogP contribution in [0.5, 0.6) is 0 Å². The van der Waals surface area contributed by atoms with Crippen molar-refractivity contribution in [3.8, 4) is 0 Å². The molecule has 0 radical (unpaired) electrons. The molecule has 10 heteroatoms. The molecular formula is C20H16F3N3O4. The summed E-state index contributed by atoms with van der Waals surface area (Å²) in [7, 11) is 0. The first kappa shape index (κ1) is 21.1. The Hall–Kier alpha value is -3.66. The Bertz CT molecular complexity index is 1020. The first-order valence-electron chi connectivity index (χ1n) is 8.74. The molecule has 0 unspecified atom stereocenters. The number of anilines is 2. The lowest BCUT2D eigenvalue weighted by Crippen LogP contribution is -2.34. The van der Waals surface area contributed by atoms with Gasteiger partial charge in [0, 0.05) is 11.6 Å². The zero-order valence-electron chi connectivity index (χ0n) is 15.4. The summed E-state index contributed by atoms with van der Waals surface area (Å²) in [5, 5.41) is 14.3. The van der Waals surface area contributed by atoms with Crippen LogP contribution in [0.3, 0.4) is 0 Å². The molecule has 0 aromatic heterocycles. The number of alkyl halides is 3. The minimum Gasteiger partial charge on any atom is -0.395 e. The molecule has 3 amide bonds. The number of aliphatic hydroxyl groups excluding tert-OH is 1. The van der Waals surface area contributed by atoms with Crippen molar-refractivity contribution in [2.75, 3.05) is 23.8 Å². The average molecular weight is 419 g/mol.